The lowest BCUT2D eigenvalue weighted by atomic mass is 10.3. The molecule has 1 aromatic carbocycles. The van der Waals surface area contributed by atoms with E-state index in [4.69, 9.17) is 4.74 Å². The van der Waals surface area contributed by atoms with Gasteiger partial charge in [0.05, 0.1) is 0 Å². The predicted molar refractivity (Wildman–Crippen MR) is 58.1 cm³/mol. The fraction of sp³-hybridized carbons (Fsp3) is 0.333. The molecule has 0 aliphatic carbocycles. The molecule has 0 bridgehead atoms. The second kappa shape index (κ2) is 8.85. The van der Waals surface area contributed by atoms with Gasteiger partial charge in [-0.05, 0) is 19.1 Å². The van der Waals surface area contributed by atoms with Gasteiger partial charge >= 0.3 is 0 Å². The third-order valence-electron chi connectivity index (χ3n) is 1.33. The molecule has 0 aliphatic heterocycles. The minimum Gasteiger partial charge on any atom is -0.490 e. The van der Waals surface area contributed by atoms with E-state index in [1.807, 2.05) is 63.3 Å². The quantitative estimate of drug-likeness (QED) is 0.642. The molecule has 0 heterocycles. The Morgan fingerprint density at radius 2 is 1.77 bits per heavy atom. The van der Waals surface area contributed by atoms with Crippen molar-refractivity contribution in [2.24, 2.45) is 0 Å². The molecule has 0 fully saturated rings. The molecule has 0 saturated heterocycles. The fourth-order valence-corrected chi connectivity index (χ4v) is 0.757. The van der Waals surface area contributed by atoms with Crippen LogP contribution in [0.5, 0.6) is 5.75 Å². The summed E-state index contributed by atoms with van der Waals surface area (Å²) < 4.78 is 5.36. The lowest BCUT2D eigenvalue weighted by Gasteiger charge is -2.00. The van der Waals surface area contributed by atoms with Gasteiger partial charge in [-0.1, -0.05) is 44.2 Å². The molecule has 1 aromatic rings. The molecule has 0 atom stereocenters. The molecule has 1 rings (SSSR count). The van der Waals surface area contributed by atoms with Crippen molar-refractivity contribution in [2.45, 2.75) is 20.8 Å². The van der Waals surface area contributed by atoms with E-state index >= 15 is 0 Å². The maximum absolute atomic E-state index is 5.36. The van der Waals surface area contributed by atoms with E-state index in [0.29, 0.717) is 6.61 Å². The summed E-state index contributed by atoms with van der Waals surface area (Å²) in [6.45, 7) is 6.63. The first-order valence-electron chi connectivity index (χ1n) is 4.72. The second-order valence-electron chi connectivity index (χ2n) is 2.19. The molecule has 0 unspecified atom stereocenters. The van der Waals surface area contributed by atoms with Gasteiger partial charge < -0.3 is 4.74 Å². The van der Waals surface area contributed by atoms with E-state index in [-0.39, 0.29) is 0 Å². The van der Waals surface area contributed by atoms with Crippen LogP contribution in [0.4, 0.5) is 0 Å². The molecule has 0 amide bonds. The number of ether oxygens (including phenoxy) is 1. The fourth-order valence-electron chi connectivity index (χ4n) is 0.757. The van der Waals surface area contributed by atoms with Gasteiger partial charge in [0.1, 0.15) is 12.4 Å². The highest BCUT2D eigenvalue weighted by Crippen LogP contribution is 2.07. The zero-order valence-electron chi connectivity index (χ0n) is 8.66. The van der Waals surface area contributed by atoms with Crippen molar-refractivity contribution in [3.8, 4) is 5.75 Å². The SMILES string of the molecule is C/C=C/COc1ccccc1.CC. The Hall–Kier alpha value is -1.24. The monoisotopic (exact) mass is 178 g/mol. The molecule has 13 heavy (non-hydrogen) atoms. The largest absolute Gasteiger partial charge is 0.490 e. The normalized spacial score (nSPS) is 9.15. The zero-order valence-corrected chi connectivity index (χ0v) is 8.66. The summed E-state index contributed by atoms with van der Waals surface area (Å²) in [5.41, 5.74) is 0. The minimum atomic E-state index is 0.653. The van der Waals surface area contributed by atoms with E-state index in [0.717, 1.165) is 5.75 Å². The van der Waals surface area contributed by atoms with E-state index in [1.165, 1.54) is 0 Å². The molecule has 0 aliphatic rings. The van der Waals surface area contributed by atoms with Crippen molar-refractivity contribution in [2.75, 3.05) is 6.61 Å². The van der Waals surface area contributed by atoms with Gasteiger partial charge in [0.15, 0.2) is 0 Å². The molecule has 0 radical (unpaired) electrons. The van der Waals surface area contributed by atoms with Crippen LogP contribution in [0, 0.1) is 0 Å². The van der Waals surface area contributed by atoms with Crippen LogP contribution in [-0.4, -0.2) is 6.61 Å². The Kier molecular flexibility index (Phi) is 8.01. The number of rotatable bonds is 3. The Labute approximate surface area is 81.1 Å². The second-order valence-corrected chi connectivity index (χ2v) is 2.19. The van der Waals surface area contributed by atoms with Gasteiger partial charge in [-0.3, -0.25) is 0 Å². The first-order chi connectivity index (χ1) is 6.43. The third kappa shape index (κ3) is 5.97. The lowest BCUT2D eigenvalue weighted by molar-refractivity contribution is 0.363. The van der Waals surface area contributed by atoms with E-state index in [2.05, 4.69) is 0 Å². The van der Waals surface area contributed by atoms with Gasteiger partial charge in [0.25, 0.3) is 0 Å². The number of hydrogen-bond donors (Lipinski definition) is 0. The Morgan fingerprint density at radius 1 is 1.15 bits per heavy atom. The van der Waals surface area contributed by atoms with Crippen molar-refractivity contribution in [1.29, 1.82) is 0 Å². The summed E-state index contributed by atoms with van der Waals surface area (Å²) in [5, 5.41) is 0. The van der Waals surface area contributed by atoms with Crippen LogP contribution >= 0.6 is 0 Å². The highest BCUT2D eigenvalue weighted by atomic mass is 16.5. The molecular formula is C12H18O. The molecule has 1 nitrogen and oxygen atoms in total. The molecule has 0 saturated carbocycles. The van der Waals surface area contributed by atoms with E-state index in [1.54, 1.807) is 0 Å². The maximum atomic E-state index is 5.36. The summed E-state index contributed by atoms with van der Waals surface area (Å²) in [5.74, 6) is 0.922. The number of hydrogen-bond acceptors (Lipinski definition) is 1. The number of para-hydroxylation sites is 1. The predicted octanol–water partition coefficient (Wildman–Crippen LogP) is 3.67. The Bertz CT molecular complexity index is 214. The van der Waals surface area contributed by atoms with Gasteiger partial charge in [0.2, 0.25) is 0 Å². The van der Waals surface area contributed by atoms with Crippen LogP contribution in [0.1, 0.15) is 20.8 Å². The maximum Gasteiger partial charge on any atom is 0.119 e. The average molecular weight is 178 g/mol. The third-order valence-corrected chi connectivity index (χ3v) is 1.33. The summed E-state index contributed by atoms with van der Waals surface area (Å²) in [4.78, 5) is 0. The topological polar surface area (TPSA) is 9.23 Å². The van der Waals surface area contributed by atoms with E-state index < -0.39 is 0 Å². The zero-order chi connectivity index (χ0) is 9.94. The molecule has 0 aromatic heterocycles. The van der Waals surface area contributed by atoms with E-state index in [9.17, 15) is 0 Å². The van der Waals surface area contributed by atoms with Crippen molar-refractivity contribution >= 4 is 0 Å². The van der Waals surface area contributed by atoms with Gasteiger partial charge in [0, 0.05) is 0 Å². The van der Waals surface area contributed by atoms with Crippen molar-refractivity contribution in [3.05, 3.63) is 42.5 Å². The van der Waals surface area contributed by atoms with Crippen molar-refractivity contribution in [1.82, 2.24) is 0 Å². The van der Waals surface area contributed by atoms with Gasteiger partial charge in [-0.15, -0.1) is 0 Å². The summed E-state index contributed by atoms with van der Waals surface area (Å²) >= 11 is 0. The number of benzene rings is 1. The molecular weight excluding hydrogens is 160 g/mol. The van der Waals surface area contributed by atoms with Crippen LogP contribution in [0.25, 0.3) is 0 Å². The Balaban J connectivity index is 0.000000671. The Morgan fingerprint density at radius 3 is 2.31 bits per heavy atom. The lowest BCUT2D eigenvalue weighted by Crippen LogP contribution is -1.91. The highest BCUT2D eigenvalue weighted by Gasteiger charge is 1.85. The first-order valence-corrected chi connectivity index (χ1v) is 4.72. The van der Waals surface area contributed by atoms with Gasteiger partial charge in [-0.25, -0.2) is 0 Å². The van der Waals surface area contributed by atoms with Crippen molar-refractivity contribution in [3.63, 3.8) is 0 Å². The number of allylic oxidation sites excluding steroid dienone is 1. The standard InChI is InChI=1S/C10H12O.C2H6/c1-2-3-9-11-10-7-5-4-6-8-10;1-2/h2-8H,9H2,1H3;1-2H3/b3-2+;. The summed E-state index contributed by atoms with van der Waals surface area (Å²) in [7, 11) is 0. The van der Waals surface area contributed by atoms with Crippen molar-refractivity contribution < 1.29 is 4.74 Å². The van der Waals surface area contributed by atoms with Gasteiger partial charge in [-0.2, -0.15) is 0 Å². The summed E-state index contributed by atoms with van der Waals surface area (Å²) in [6.07, 6.45) is 3.95. The van der Waals surface area contributed by atoms with Crippen LogP contribution in [0.2, 0.25) is 0 Å². The minimum absolute atomic E-state index is 0.653. The molecule has 72 valence electrons. The van der Waals surface area contributed by atoms with Crippen LogP contribution in [0.3, 0.4) is 0 Å². The van der Waals surface area contributed by atoms with Crippen LogP contribution in [0.15, 0.2) is 42.5 Å². The molecule has 1 heteroatoms. The smallest absolute Gasteiger partial charge is 0.119 e. The highest BCUT2D eigenvalue weighted by molar-refractivity contribution is 5.21. The summed E-state index contributed by atoms with van der Waals surface area (Å²) in [6, 6.07) is 9.80. The molecule has 0 spiro atoms. The molecule has 0 N–H and O–H groups in total. The van der Waals surface area contributed by atoms with Crippen LogP contribution in [-0.2, 0) is 0 Å². The first kappa shape index (κ1) is 11.8. The average Bonchev–Trinajstić information content (AvgIpc) is 2.23. The van der Waals surface area contributed by atoms with Crippen LogP contribution < -0.4 is 4.74 Å².